The number of sulfone groups is 1. The van der Waals surface area contributed by atoms with Crippen LogP contribution in [0, 0.1) is 0 Å². The maximum atomic E-state index is 10.6. The minimum absolute atomic E-state index is 0.138. The van der Waals surface area contributed by atoms with E-state index in [2.05, 4.69) is 10.6 Å². The number of carbonyl (C=O) groups is 1. The minimum Gasteiger partial charge on any atom is -0.354 e. The number of amides is 1. The van der Waals surface area contributed by atoms with Crippen molar-refractivity contribution < 1.29 is 13.2 Å². The average Bonchev–Trinajstić information content (AvgIpc) is 2.17. The summed E-state index contributed by atoms with van der Waals surface area (Å²) in [5, 5.41) is 5.69. The summed E-state index contributed by atoms with van der Waals surface area (Å²) in [6.45, 7) is 3.59. The van der Waals surface area contributed by atoms with Gasteiger partial charge in [0.05, 0.1) is 18.1 Å². The smallest absolute Gasteiger partial charge is 0.234 e. The summed E-state index contributed by atoms with van der Waals surface area (Å²) in [5.41, 5.74) is 0. The Morgan fingerprint density at radius 3 is 2.12 bits per heavy atom. The molecule has 2 saturated heterocycles. The molecular formula is C9H19N3O3S. The summed E-state index contributed by atoms with van der Waals surface area (Å²) in [4.78, 5) is 12.5. The lowest BCUT2D eigenvalue weighted by Crippen LogP contribution is -2.45. The van der Waals surface area contributed by atoms with Crippen LogP contribution in [0.15, 0.2) is 0 Å². The summed E-state index contributed by atoms with van der Waals surface area (Å²) < 4.78 is 21.2. The van der Waals surface area contributed by atoms with Crippen LogP contribution >= 0.6 is 0 Å². The lowest BCUT2D eigenvalue weighted by atomic mass is 10.4. The van der Waals surface area contributed by atoms with E-state index in [0.29, 0.717) is 31.1 Å². The molecule has 94 valence electrons. The Morgan fingerprint density at radius 2 is 1.81 bits per heavy atom. The molecule has 2 heterocycles. The van der Waals surface area contributed by atoms with Gasteiger partial charge in [0, 0.05) is 26.2 Å². The van der Waals surface area contributed by atoms with Crippen molar-refractivity contribution >= 4 is 15.7 Å². The first-order valence-corrected chi connectivity index (χ1v) is 7.18. The third-order valence-electron chi connectivity index (χ3n) is 2.41. The molecule has 7 heteroatoms. The molecule has 0 aromatic carbocycles. The first-order valence-electron chi connectivity index (χ1n) is 5.36. The van der Waals surface area contributed by atoms with E-state index in [0.717, 1.165) is 13.1 Å². The molecule has 0 radical (unpaired) electrons. The highest BCUT2D eigenvalue weighted by Gasteiger charge is 2.13. The third kappa shape index (κ3) is 5.43. The predicted molar refractivity (Wildman–Crippen MR) is 62.0 cm³/mol. The molecule has 1 amide bonds. The topological polar surface area (TPSA) is 78.5 Å². The Bertz CT molecular complexity index is 317. The highest BCUT2D eigenvalue weighted by molar-refractivity contribution is 7.91. The van der Waals surface area contributed by atoms with Gasteiger partial charge in [0.25, 0.3) is 0 Å². The van der Waals surface area contributed by atoms with E-state index in [9.17, 15) is 13.2 Å². The van der Waals surface area contributed by atoms with Crippen LogP contribution in [0.2, 0.25) is 0 Å². The highest BCUT2D eigenvalue weighted by atomic mass is 32.2. The van der Waals surface area contributed by atoms with Crippen LogP contribution in [-0.4, -0.2) is 70.5 Å². The van der Waals surface area contributed by atoms with Crippen molar-refractivity contribution in [2.45, 2.75) is 0 Å². The molecule has 0 aromatic heterocycles. The van der Waals surface area contributed by atoms with Crippen molar-refractivity contribution in [1.82, 2.24) is 15.5 Å². The van der Waals surface area contributed by atoms with Crippen LogP contribution in [0.1, 0.15) is 0 Å². The van der Waals surface area contributed by atoms with Crippen LogP contribution in [0.25, 0.3) is 0 Å². The highest BCUT2D eigenvalue weighted by Crippen LogP contribution is 1.91. The standard InChI is InChI=1S/C5H10N2O.C4H9NO2S/c1-7-3-2-6-5(8)4-7;6-8(7)3-1-5-2-4-8/h2-4H2,1H3,(H,6,8);5H,1-4H2. The van der Waals surface area contributed by atoms with E-state index >= 15 is 0 Å². The Hall–Kier alpha value is -0.660. The van der Waals surface area contributed by atoms with Gasteiger partial charge in [-0.2, -0.15) is 0 Å². The molecule has 0 aliphatic carbocycles. The van der Waals surface area contributed by atoms with Gasteiger partial charge in [-0.15, -0.1) is 0 Å². The summed E-state index contributed by atoms with van der Waals surface area (Å²) >= 11 is 0. The Balaban J connectivity index is 0.000000160. The Labute approximate surface area is 96.3 Å². The van der Waals surface area contributed by atoms with Crippen molar-refractivity contribution in [2.75, 3.05) is 51.3 Å². The monoisotopic (exact) mass is 249 g/mol. The number of rotatable bonds is 0. The molecule has 2 N–H and O–H groups in total. The molecule has 0 aromatic rings. The first-order chi connectivity index (χ1) is 7.49. The van der Waals surface area contributed by atoms with Gasteiger partial charge in [-0.25, -0.2) is 8.42 Å². The number of nitrogens with one attached hydrogen (secondary N) is 2. The van der Waals surface area contributed by atoms with Gasteiger partial charge in [-0.05, 0) is 7.05 Å². The summed E-state index contributed by atoms with van der Waals surface area (Å²) in [5.74, 6) is 0.763. The number of carbonyl (C=O) groups excluding carboxylic acids is 1. The zero-order valence-corrected chi connectivity index (χ0v) is 10.3. The minimum atomic E-state index is -2.65. The largest absolute Gasteiger partial charge is 0.354 e. The fourth-order valence-electron chi connectivity index (χ4n) is 1.45. The van der Waals surface area contributed by atoms with E-state index < -0.39 is 9.84 Å². The van der Waals surface area contributed by atoms with Crippen LogP contribution < -0.4 is 10.6 Å². The van der Waals surface area contributed by atoms with Gasteiger partial charge in [-0.3, -0.25) is 9.69 Å². The average molecular weight is 249 g/mol. The lowest BCUT2D eigenvalue weighted by molar-refractivity contribution is -0.123. The quantitative estimate of drug-likeness (QED) is 0.522. The second-order valence-corrected chi connectivity index (χ2v) is 6.29. The van der Waals surface area contributed by atoms with Gasteiger partial charge in [0.2, 0.25) is 5.91 Å². The fraction of sp³-hybridized carbons (Fsp3) is 0.889. The van der Waals surface area contributed by atoms with E-state index in [4.69, 9.17) is 0 Å². The van der Waals surface area contributed by atoms with Crippen LogP contribution in [0.5, 0.6) is 0 Å². The molecule has 2 aliphatic rings. The van der Waals surface area contributed by atoms with Crippen molar-refractivity contribution in [3.63, 3.8) is 0 Å². The van der Waals surface area contributed by atoms with Crippen molar-refractivity contribution in [1.29, 1.82) is 0 Å². The summed E-state index contributed by atoms with van der Waals surface area (Å²) in [6.07, 6.45) is 0. The van der Waals surface area contributed by atoms with Gasteiger partial charge < -0.3 is 10.6 Å². The first kappa shape index (κ1) is 13.4. The molecule has 16 heavy (non-hydrogen) atoms. The van der Waals surface area contributed by atoms with Crippen LogP contribution in [0.4, 0.5) is 0 Å². The van der Waals surface area contributed by atoms with Crippen molar-refractivity contribution in [2.24, 2.45) is 0 Å². The molecule has 2 aliphatic heterocycles. The zero-order chi connectivity index (χ0) is 12.0. The maximum absolute atomic E-state index is 10.6. The number of hydrogen-bond acceptors (Lipinski definition) is 5. The summed E-state index contributed by atoms with van der Waals surface area (Å²) in [6, 6.07) is 0. The lowest BCUT2D eigenvalue weighted by Gasteiger charge is -2.21. The SMILES string of the molecule is CN1CCNC(=O)C1.O=S1(=O)CCNCC1. The van der Waals surface area contributed by atoms with Crippen molar-refractivity contribution in [3.05, 3.63) is 0 Å². The van der Waals surface area contributed by atoms with E-state index in [1.165, 1.54) is 0 Å². The van der Waals surface area contributed by atoms with E-state index in [1.807, 2.05) is 11.9 Å². The summed E-state index contributed by atoms with van der Waals surface area (Å²) in [7, 11) is -0.702. The molecule has 0 saturated carbocycles. The Kier molecular flexibility index (Phi) is 5.17. The molecule has 2 rings (SSSR count). The van der Waals surface area contributed by atoms with Gasteiger partial charge >= 0.3 is 0 Å². The number of likely N-dealkylation sites (N-methyl/N-ethyl adjacent to an activating group) is 1. The number of nitrogens with zero attached hydrogens (tertiary/aromatic N) is 1. The second-order valence-electron chi connectivity index (χ2n) is 3.99. The van der Waals surface area contributed by atoms with E-state index in [1.54, 1.807) is 0 Å². The molecule has 0 atom stereocenters. The molecule has 2 fully saturated rings. The third-order valence-corrected chi connectivity index (χ3v) is 4.06. The van der Waals surface area contributed by atoms with Crippen molar-refractivity contribution in [3.8, 4) is 0 Å². The van der Waals surface area contributed by atoms with Gasteiger partial charge in [0.1, 0.15) is 0 Å². The van der Waals surface area contributed by atoms with Crippen LogP contribution in [0.3, 0.4) is 0 Å². The van der Waals surface area contributed by atoms with Crippen LogP contribution in [-0.2, 0) is 14.6 Å². The number of piperazine rings is 1. The maximum Gasteiger partial charge on any atom is 0.234 e. The van der Waals surface area contributed by atoms with Gasteiger partial charge in [-0.1, -0.05) is 0 Å². The number of hydrogen-bond donors (Lipinski definition) is 2. The zero-order valence-electron chi connectivity index (χ0n) is 9.53. The fourth-order valence-corrected chi connectivity index (χ4v) is 2.56. The molecule has 0 unspecified atom stereocenters. The van der Waals surface area contributed by atoms with Gasteiger partial charge in [0.15, 0.2) is 9.84 Å². The molecular weight excluding hydrogens is 230 g/mol. The molecule has 0 spiro atoms. The normalized spacial score (nSPS) is 25.2. The second kappa shape index (κ2) is 6.17. The van der Waals surface area contributed by atoms with E-state index in [-0.39, 0.29) is 5.91 Å². The molecule has 0 bridgehead atoms. The Morgan fingerprint density at radius 1 is 1.19 bits per heavy atom. The predicted octanol–water partition coefficient (Wildman–Crippen LogP) is -1.95. The molecule has 6 nitrogen and oxygen atoms in total.